The Kier molecular flexibility index (Phi) is 10.4. The van der Waals surface area contributed by atoms with Crippen molar-refractivity contribution < 1.29 is 9.53 Å². The van der Waals surface area contributed by atoms with E-state index in [2.05, 4.69) is 91.9 Å². The first-order chi connectivity index (χ1) is 22.4. The van der Waals surface area contributed by atoms with Crippen molar-refractivity contribution in [2.45, 2.75) is 127 Å². The van der Waals surface area contributed by atoms with Crippen molar-refractivity contribution in [3.63, 3.8) is 0 Å². The van der Waals surface area contributed by atoms with Crippen molar-refractivity contribution in [2.24, 2.45) is 40.4 Å². The molecule has 0 N–H and O–H groups in total. The van der Waals surface area contributed by atoms with Gasteiger partial charge in [-0.25, -0.2) is 4.79 Å². The van der Waals surface area contributed by atoms with Crippen LogP contribution in [0.5, 0.6) is 0 Å². The molecule has 7 heteroatoms. The van der Waals surface area contributed by atoms with E-state index in [0.717, 1.165) is 68.4 Å². The first kappa shape index (κ1) is 35.5. The van der Waals surface area contributed by atoms with Crippen molar-refractivity contribution in [3.8, 4) is 16.5 Å². The molecule has 0 aliphatic heterocycles. The zero-order chi connectivity index (χ0) is 33.6. The summed E-state index contributed by atoms with van der Waals surface area (Å²) >= 11 is 11.7. The molecule has 0 bridgehead atoms. The Balaban J connectivity index is 1.17. The molecule has 4 fully saturated rings. The van der Waals surface area contributed by atoms with Gasteiger partial charge in [0.05, 0.1) is 10.4 Å². The lowest BCUT2D eigenvalue weighted by atomic mass is 9.43. The summed E-state index contributed by atoms with van der Waals surface area (Å²) < 4.78 is 7.33. The molecule has 6 rings (SSSR count). The molecule has 0 amide bonds. The van der Waals surface area contributed by atoms with Crippen LogP contribution in [-0.2, 0) is 4.74 Å². The van der Waals surface area contributed by atoms with Gasteiger partial charge in [-0.15, -0.1) is 11.6 Å². The summed E-state index contributed by atoms with van der Waals surface area (Å²) in [5, 5.41) is 13.0. The number of nitrogens with zero attached hydrogens (tertiary/aromatic N) is 2. The van der Waals surface area contributed by atoms with Crippen LogP contribution < -0.4 is 0 Å². The summed E-state index contributed by atoms with van der Waals surface area (Å²) in [5.41, 5.74) is 2.60. The molecule has 254 valence electrons. The van der Waals surface area contributed by atoms with E-state index >= 15 is 0 Å². The van der Waals surface area contributed by atoms with Crippen LogP contribution >= 0.6 is 46.0 Å². The number of thioether (sulfide) groups is 1. The molecule has 47 heavy (non-hydrogen) atoms. The summed E-state index contributed by atoms with van der Waals surface area (Å²) in [5.74, 6) is 2.45. The fraction of sp³-hybridized carbons (Fsp3) is 0.675. The molecule has 1 heterocycles. The minimum atomic E-state index is -0.284. The lowest BCUT2D eigenvalue weighted by molar-refractivity contribution is -0.109. The fourth-order valence-electron chi connectivity index (χ4n) is 11.0. The van der Waals surface area contributed by atoms with Gasteiger partial charge in [-0.05, 0) is 163 Å². The van der Waals surface area contributed by atoms with Gasteiger partial charge in [0, 0.05) is 26.3 Å². The monoisotopic (exact) mass is 786 g/mol. The number of halogens is 2. The number of hydrogen-bond acceptors (Lipinski definition) is 5. The maximum absolute atomic E-state index is 13.4. The average Bonchev–Trinajstić information content (AvgIpc) is 3.33. The summed E-state index contributed by atoms with van der Waals surface area (Å²) in [7, 11) is 0. The van der Waals surface area contributed by atoms with E-state index in [0.29, 0.717) is 29.2 Å². The zero-order valence-corrected chi connectivity index (χ0v) is 32.6. The average molecular weight is 787 g/mol. The van der Waals surface area contributed by atoms with Crippen LogP contribution in [0.3, 0.4) is 0 Å². The highest BCUT2D eigenvalue weighted by atomic mass is 127. The minimum absolute atomic E-state index is 0.0350. The van der Waals surface area contributed by atoms with Crippen LogP contribution in [0.25, 0.3) is 11.1 Å². The van der Waals surface area contributed by atoms with E-state index in [4.69, 9.17) is 16.3 Å². The third kappa shape index (κ3) is 6.19. The fourth-order valence-corrected chi connectivity index (χ4v) is 13.1. The van der Waals surface area contributed by atoms with E-state index in [1.54, 1.807) is 24.2 Å². The van der Waals surface area contributed by atoms with Gasteiger partial charge in [-0.2, -0.15) is 5.26 Å². The maximum atomic E-state index is 13.4. The molecule has 0 saturated heterocycles. The summed E-state index contributed by atoms with van der Waals surface area (Å²) in [6, 6.07) is 10.1. The van der Waals surface area contributed by atoms with Crippen molar-refractivity contribution >= 4 is 51.9 Å². The Labute approximate surface area is 306 Å². The highest BCUT2D eigenvalue weighted by molar-refractivity contribution is 14.1. The number of esters is 1. The molecule has 4 aliphatic rings. The van der Waals surface area contributed by atoms with Crippen molar-refractivity contribution in [2.75, 3.05) is 0 Å². The topological polar surface area (TPSA) is 63.0 Å². The Hall–Kier alpha value is -1.30. The summed E-state index contributed by atoms with van der Waals surface area (Å²) in [6.07, 6.45) is 16.5. The number of carbonyl (C=O) groups excluding carboxylic acids is 1. The number of fused-ring (bicyclic) bond motifs is 5. The highest BCUT2D eigenvalue weighted by Crippen LogP contribution is 2.75. The van der Waals surface area contributed by atoms with Gasteiger partial charge in [0.25, 0.3) is 0 Å². The standard InChI is InChI=1S/C40H52ClIN2O2S/c1-26(2)7-6-8-27(3)39(41)18-16-34-35-14-11-31-22-33(15-17-37(31,4)40(35,47-25-43)20-19-38(34,39)5)46-36(45)30-21-29(23-44-24-30)28-9-12-32(42)13-10-28/h9-10,12-13,21,23-24,26-27,31,33-35H,6-8,11,14-20,22H2,1-5H3/t27-,31?,33-,34+,35+,37+,38+,39+,40-/m1/s1. The largest absolute Gasteiger partial charge is 0.459 e. The molecule has 0 radical (unpaired) electrons. The minimum Gasteiger partial charge on any atom is -0.459 e. The van der Waals surface area contributed by atoms with Crippen LogP contribution in [-0.4, -0.2) is 26.7 Å². The van der Waals surface area contributed by atoms with Gasteiger partial charge in [0.1, 0.15) is 11.5 Å². The van der Waals surface area contributed by atoms with E-state index < -0.39 is 0 Å². The number of carbonyl (C=O) groups is 1. The van der Waals surface area contributed by atoms with Crippen LogP contribution in [0, 0.1) is 54.7 Å². The molecule has 1 aromatic carbocycles. The molecule has 4 saturated carbocycles. The summed E-state index contributed by atoms with van der Waals surface area (Å²) in [6.45, 7) is 12.1. The van der Waals surface area contributed by atoms with E-state index in [1.165, 1.54) is 29.3 Å². The number of benzene rings is 1. The number of aromatic nitrogens is 1. The van der Waals surface area contributed by atoms with E-state index in [9.17, 15) is 10.1 Å². The Morgan fingerprint density at radius 3 is 2.49 bits per heavy atom. The smallest absolute Gasteiger partial charge is 0.339 e. The maximum Gasteiger partial charge on any atom is 0.339 e. The Morgan fingerprint density at radius 2 is 1.77 bits per heavy atom. The molecule has 2 aromatic rings. The van der Waals surface area contributed by atoms with Gasteiger partial charge < -0.3 is 4.74 Å². The number of alkyl halides is 1. The second-order valence-electron chi connectivity index (χ2n) is 16.3. The number of pyridine rings is 1. The SMILES string of the molecule is CC(C)CCC[C@@H](C)[C@@]1(Cl)CC[C@H]2[C@@H]3CCC4C[C@H](OC(=O)c5cncc(-c6ccc(I)cc6)c5)CC[C@]4(C)[C@@]3(SC#N)CC[C@@]21C. The molecule has 1 unspecified atom stereocenters. The second-order valence-corrected chi connectivity index (χ2v) is 19.3. The van der Waals surface area contributed by atoms with Crippen molar-refractivity contribution in [3.05, 3.63) is 51.9 Å². The molecule has 4 nitrogen and oxygen atoms in total. The van der Waals surface area contributed by atoms with Gasteiger partial charge >= 0.3 is 5.97 Å². The third-order valence-corrected chi connectivity index (χ3v) is 16.9. The highest BCUT2D eigenvalue weighted by Gasteiger charge is 2.71. The van der Waals surface area contributed by atoms with Crippen molar-refractivity contribution in [1.29, 1.82) is 5.26 Å². The quantitative estimate of drug-likeness (QED) is 0.110. The Bertz CT molecular complexity index is 1500. The van der Waals surface area contributed by atoms with Crippen LogP contribution in [0.2, 0.25) is 0 Å². The first-order valence-corrected chi connectivity index (χ1v) is 20.3. The van der Waals surface area contributed by atoms with Gasteiger partial charge in [-0.3, -0.25) is 4.98 Å². The number of ether oxygens (including phenoxy) is 1. The van der Waals surface area contributed by atoms with Crippen LogP contribution in [0.15, 0.2) is 42.7 Å². The summed E-state index contributed by atoms with van der Waals surface area (Å²) in [4.78, 5) is 17.7. The molecule has 0 spiro atoms. The van der Waals surface area contributed by atoms with Gasteiger partial charge in [0.2, 0.25) is 0 Å². The lowest BCUT2D eigenvalue weighted by Crippen LogP contribution is -2.65. The van der Waals surface area contributed by atoms with Gasteiger partial charge in [0.15, 0.2) is 0 Å². The van der Waals surface area contributed by atoms with Gasteiger partial charge in [-0.1, -0.05) is 59.6 Å². The normalized spacial score (nSPS) is 36.9. The second kappa shape index (κ2) is 13.8. The Morgan fingerprint density at radius 1 is 1.00 bits per heavy atom. The molecular formula is C40H52ClIN2O2S. The number of hydrogen-bond donors (Lipinski definition) is 0. The first-order valence-electron chi connectivity index (χ1n) is 18.0. The van der Waals surface area contributed by atoms with Crippen LogP contribution in [0.4, 0.5) is 0 Å². The predicted molar refractivity (Wildman–Crippen MR) is 202 cm³/mol. The molecule has 9 atom stereocenters. The molecular weight excluding hydrogens is 735 g/mol. The number of thiocyanates is 1. The van der Waals surface area contributed by atoms with E-state index in [-0.39, 0.29) is 32.5 Å². The molecule has 1 aromatic heterocycles. The lowest BCUT2D eigenvalue weighted by Gasteiger charge is -2.67. The van der Waals surface area contributed by atoms with E-state index in [1.807, 2.05) is 6.07 Å². The zero-order valence-electron chi connectivity index (χ0n) is 28.9. The van der Waals surface area contributed by atoms with Crippen LogP contribution in [0.1, 0.15) is 122 Å². The third-order valence-electron chi connectivity index (χ3n) is 13.8. The molecule has 4 aliphatic carbocycles. The predicted octanol–water partition coefficient (Wildman–Crippen LogP) is 11.7. The number of nitriles is 1. The van der Waals surface area contributed by atoms with Crippen molar-refractivity contribution in [1.82, 2.24) is 4.98 Å². The number of rotatable bonds is 9.